The molecule has 1 saturated carbocycles. The predicted molar refractivity (Wildman–Crippen MR) is 70.9 cm³/mol. The average Bonchev–Trinajstić information content (AvgIpc) is 2.29. The molecule has 0 heterocycles. The summed E-state index contributed by atoms with van der Waals surface area (Å²) in [7, 11) is 0. The Morgan fingerprint density at radius 3 is 2.35 bits per heavy atom. The Balaban J connectivity index is 1.93. The van der Waals surface area contributed by atoms with Crippen LogP contribution in [0.15, 0.2) is 24.3 Å². The minimum Gasteiger partial charge on any atom is -0.383 e. The summed E-state index contributed by atoms with van der Waals surface area (Å²) in [6, 6.07) is 11.0. The molecule has 1 N–H and O–H groups in total. The van der Waals surface area contributed by atoms with E-state index >= 15 is 0 Å². The zero-order valence-electron chi connectivity index (χ0n) is 10.7. The first-order valence-corrected chi connectivity index (χ1v) is 6.40. The first-order chi connectivity index (χ1) is 8.15. The van der Waals surface area contributed by atoms with Crippen molar-refractivity contribution >= 4 is 5.69 Å². The second kappa shape index (κ2) is 4.79. The SMILES string of the molecule is CC(C)c1ccc(NCC2(C#N)CCC2)cc1. The number of nitriles is 1. The van der Waals surface area contributed by atoms with E-state index in [1.807, 2.05) is 0 Å². The van der Waals surface area contributed by atoms with Crippen molar-refractivity contribution in [1.29, 1.82) is 5.26 Å². The van der Waals surface area contributed by atoms with Gasteiger partial charge in [0.05, 0.1) is 11.5 Å². The van der Waals surface area contributed by atoms with Gasteiger partial charge in [0, 0.05) is 12.2 Å². The van der Waals surface area contributed by atoms with E-state index in [0.717, 1.165) is 25.1 Å². The molecule has 0 radical (unpaired) electrons. The second-order valence-corrected chi connectivity index (χ2v) is 5.38. The Kier molecular flexibility index (Phi) is 3.38. The fourth-order valence-corrected chi connectivity index (χ4v) is 2.19. The zero-order valence-corrected chi connectivity index (χ0v) is 10.7. The number of hydrogen-bond acceptors (Lipinski definition) is 2. The molecule has 0 spiro atoms. The van der Waals surface area contributed by atoms with Gasteiger partial charge in [-0.3, -0.25) is 0 Å². The molecule has 1 fully saturated rings. The van der Waals surface area contributed by atoms with Crippen LogP contribution in [0.25, 0.3) is 0 Å². The Morgan fingerprint density at radius 2 is 1.94 bits per heavy atom. The van der Waals surface area contributed by atoms with E-state index in [2.05, 4.69) is 49.5 Å². The van der Waals surface area contributed by atoms with Gasteiger partial charge in [-0.1, -0.05) is 32.4 Å². The summed E-state index contributed by atoms with van der Waals surface area (Å²) in [5.74, 6) is 0.570. The van der Waals surface area contributed by atoms with Gasteiger partial charge in [0.15, 0.2) is 0 Å². The highest BCUT2D eigenvalue weighted by molar-refractivity contribution is 5.45. The van der Waals surface area contributed by atoms with Crippen LogP contribution in [0.1, 0.15) is 44.6 Å². The van der Waals surface area contributed by atoms with E-state index < -0.39 is 0 Å². The predicted octanol–water partition coefficient (Wildman–Crippen LogP) is 3.92. The van der Waals surface area contributed by atoms with Gasteiger partial charge in [-0.05, 0) is 36.5 Å². The van der Waals surface area contributed by atoms with Crippen LogP contribution in [-0.4, -0.2) is 6.54 Å². The minimum atomic E-state index is -0.100. The van der Waals surface area contributed by atoms with Gasteiger partial charge in [0.25, 0.3) is 0 Å². The molecule has 0 aliphatic heterocycles. The molecule has 0 saturated heterocycles. The molecule has 0 amide bonds. The lowest BCUT2D eigenvalue weighted by Gasteiger charge is -2.35. The molecule has 17 heavy (non-hydrogen) atoms. The highest BCUT2D eigenvalue weighted by atomic mass is 14.9. The van der Waals surface area contributed by atoms with Crippen molar-refractivity contribution in [2.45, 2.75) is 39.0 Å². The fraction of sp³-hybridized carbons (Fsp3) is 0.533. The Bertz CT molecular complexity index is 408. The second-order valence-electron chi connectivity index (χ2n) is 5.38. The van der Waals surface area contributed by atoms with Crippen molar-refractivity contribution in [2.24, 2.45) is 5.41 Å². The molecule has 2 nitrogen and oxygen atoms in total. The molecule has 1 aromatic rings. The van der Waals surface area contributed by atoms with Crippen LogP contribution in [0.5, 0.6) is 0 Å². The largest absolute Gasteiger partial charge is 0.383 e. The van der Waals surface area contributed by atoms with Crippen molar-refractivity contribution in [1.82, 2.24) is 0 Å². The smallest absolute Gasteiger partial charge is 0.0746 e. The standard InChI is InChI=1S/C15H20N2/c1-12(2)13-4-6-14(7-5-13)17-11-15(10-16)8-3-9-15/h4-7,12,17H,3,8-9,11H2,1-2H3. The van der Waals surface area contributed by atoms with Crippen LogP contribution in [-0.2, 0) is 0 Å². The summed E-state index contributed by atoms with van der Waals surface area (Å²) < 4.78 is 0. The maximum absolute atomic E-state index is 9.14. The summed E-state index contributed by atoms with van der Waals surface area (Å²) in [4.78, 5) is 0. The number of nitrogens with one attached hydrogen (secondary N) is 1. The first kappa shape index (κ1) is 12.0. The zero-order chi connectivity index (χ0) is 12.3. The summed E-state index contributed by atoms with van der Waals surface area (Å²) in [6.07, 6.45) is 3.28. The van der Waals surface area contributed by atoms with Crippen molar-refractivity contribution < 1.29 is 0 Å². The van der Waals surface area contributed by atoms with Crippen LogP contribution in [0.4, 0.5) is 5.69 Å². The molecule has 0 atom stereocenters. The van der Waals surface area contributed by atoms with E-state index in [0.29, 0.717) is 5.92 Å². The van der Waals surface area contributed by atoms with E-state index in [1.54, 1.807) is 0 Å². The average molecular weight is 228 g/mol. The third kappa shape index (κ3) is 2.61. The van der Waals surface area contributed by atoms with E-state index in [1.165, 1.54) is 12.0 Å². The highest BCUT2D eigenvalue weighted by Gasteiger charge is 2.36. The van der Waals surface area contributed by atoms with E-state index in [4.69, 9.17) is 5.26 Å². The van der Waals surface area contributed by atoms with Crippen LogP contribution < -0.4 is 5.32 Å². The number of benzene rings is 1. The third-order valence-corrected chi connectivity index (χ3v) is 3.76. The van der Waals surface area contributed by atoms with Crippen LogP contribution >= 0.6 is 0 Å². The van der Waals surface area contributed by atoms with Gasteiger partial charge in [-0.15, -0.1) is 0 Å². The van der Waals surface area contributed by atoms with Gasteiger partial charge in [-0.25, -0.2) is 0 Å². The highest BCUT2D eigenvalue weighted by Crippen LogP contribution is 2.40. The molecule has 1 aromatic carbocycles. The molecule has 1 aliphatic rings. The van der Waals surface area contributed by atoms with Crippen molar-refractivity contribution in [3.8, 4) is 6.07 Å². The summed E-state index contributed by atoms with van der Waals surface area (Å²) >= 11 is 0. The Labute approximate surface area is 104 Å². The van der Waals surface area contributed by atoms with Crippen LogP contribution in [0.2, 0.25) is 0 Å². The Morgan fingerprint density at radius 1 is 1.29 bits per heavy atom. The van der Waals surface area contributed by atoms with Gasteiger partial charge in [0.1, 0.15) is 0 Å². The van der Waals surface area contributed by atoms with Gasteiger partial charge >= 0.3 is 0 Å². The lowest BCUT2D eigenvalue weighted by molar-refractivity contribution is 0.233. The maximum Gasteiger partial charge on any atom is 0.0746 e. The first-order valence-electron chi connectivity index (χ1n) is 6.40. The molecule has 0 bridgehead atoms. The normalized spacial score (nSPS) is 17.3. The van der Waals surface area contributed by atoms with Crippen molar-refractivity contribution in [3.05, 3.63) is 29.8 Å². The number of hydrogen-bond donors (Lipinski definition) is 1. The van der Waals surface area contributed by atoms with Gasteiger partial charge < -0.3 is 5.32 Å². The maximum atomic E-state index is 9.14. The Hall–Kier alpha value is -1.49. The molecule has 0 aromatic heterocycles. The summed E-state index contributed by atoms with van der Waals surface area (Å²) in [5.41, 5.74) is 2.38. The van der Waals surface area contributed by atoms with Crippen molar-refractivity contribution in [2.75, 3.05) is 11.9 Å². The lowest BCUT2D eigenvalue weighted by atomic mass is 9.70. The minimum absolute atomic E-state index is 0.100. The third-order valence-electron chi connectivity index (χ3n) is 3.76. The van der Waals surface area contributed by atoms with Gasteiger partial charge in [-0.2, -0.15) is 5.26 Å². The number of anilines is 1. The topological polar surface area (TPSA) is 35.8 Å². The van der Waals surface area contributed by atoms with E-state index in [-0.39, 0.29) is 5.41 Å². The fourth-order valence-electron chi connectivity index (χ4n) is 2.19. The molecular weight excluding hydrogens is 208 g/mol. The molecule has 1 aliphatic carbocycles. The van der Waals surface area contributed by atoms with Gasteiger partial charge in [0.2, 0.25) is 0 Å². The summed E-state index contributed by atoms with van der Waals surface area (Å²) in [6.45, 7) is 5.17. The number of rotatable bonds is 4. The molecule has 2 heteroatoms. The van der Waals surface area contributed by atoms with Crippen molar-refractivity contribution in [3.63, 3.8) is 0 Å². The van der Waals surface area contributed by atoms with Crippen LogP contribution in [0.3, 0.4) is 0 Å². The molecule has 90 valence electrons. The monoisotopic (exact) mass is 228 g/mol. The van der Waals surface area contributed by atoms with E-state index in [9.17, 15) is 0 Å². The van der Waals surface area contributed by atoms with Crippen LogP contribution in [0, 0.1) is 16.7 Å². The molecule has 0 unspecified atom stereocenters. The molecule has 2 rings (SSSR count). The number of nitrogens with zero attached hydrogens (tertiary/aromatic N) is 1. The quantitative estimate of drug-likeness (QED) is 0.848. The lowest BCUT2D eigenvalue weighted by Crippen LogP contribution is -2.34. The molecular formula is C15H20N2. The summed E-state index contributed by atoms with van der Waals surface area (Å²) in [5, 5.41) is 12.5.